The molecule has 0 saturated carbocycles. The third-order valence-electron chi connectivity index (χ3n) is 16.9. The molecule has 8 aromatic carbocycles. The van der Waals surface area contributed by atoms with Gasteiger partial charge in [0.2, 0.25) is 11.8 Å². The van der Waals surface area contributed by atoms with Crippen molar-refractivity contribution >= 4 is 34.5 Å². The van der Waals surface area contributed by atoms with E-state index in [-0.39, 0.29) is 21.7 Å². The van der Waals surface area contributed by atoms with Crippen LogP contribution in [0.2, 0.25) is 0 Å². The summed E-state index contributed by atoms with van der Waals surface area (Å²) in [5, 5.41) is 0. The van der Waals surface area contributed by atoms with Gasteiger partial charge in [-0.25, -0.2) is 0 Å². The topological polar surface area (TPSA) is 51.2 Å². The summed E-state index contributed by atoms with van der Waals surface area (Å²) in [5.41, 5.74) is 12.1. The second-order valence-electron chi connectivity index (χ2n) is 26.2. The summed E-state index contributed by atoms with van der Waals surface area (Å²) in [6.07, 6.45) is 0. The van der Waals surface area contributed by atoms with Gasteiger partial charge in [0.25, 0.3) is 0 Å². The summed E-state index contributed by atoms with van der Waals surface area (Å²) in [5.74, 6) is 5.82. The van der Waals surface area contributed by atoms with Crippen LogP contribution in [0.4, 0.5) is 34.5 Å². The molecule has 0 atom stereocenters. The van der Waals surface area contributed by atoms with E-state index < -0.39 is 10.8 Å². The fraction of sp³-hybridized carbons (Fsp3) is 0.243. The Bertz CT molecular complexity index is 3460. The predicted octanol–water partition coefficient (Wildman–Crippen LogP) is 20.3. The van der Waals surface area contributed by atoms with E-state index in [1.165, 1.54) is 22.3 Å². The molecule has 0 fully saturated rings. The second-order valence-corrected chi connectivity index (χ2v) is 26.2. The molecule has 80 heavy (non-hydrogen) atoms. The molecule has 2 aliphatic heterocycles. The Kier molecular flexibility index (Phi) is 11.5. The number of anilines is 6. The minimum atomic E-state index is -1.13. The van der Waals surface area contributed by atoms with Crippen molar-refractivity contribution in [1.29, 1.82) is 0 Å². The molecule has 3 aliphatic rings. The number of fused-ring (bicyclic) bond motifs is 14. The van der Waals surface area contributed by atoms with Gasteiger partial charge >= 0.3 is 0 Å². The standard InChI is InChI=1S/C74H70N2O4/c1-69(2,3)47-29-37-51(38-30-47)75(52-39-31-48(32-40-52)70(4,5)6)65-45-59-67(79-65)74(57-23-15-19-27-63(57)78-64-28-20-16-24-58(64)74)60-46-66(80-68(60)73(59)55-21-13-17-25-61(55)77-62-26-18-14-22-56(62)73)76(53-41-33-49(34-42-53)71(7,8)9)54-43-35-50(36-44-54)72(10,11)12/h13-46H,1-12H3. The molecule has 2 spiro atoms. The molecule has 400 valence electrons. The Labute approximate surface area is 472 Å². The number of benzene rings is 8. The maximum atomic E-state index is 8.10. The Morgan fingerprint density at radius 2 is 0.500 bits per heavy atom. The van der Waals surface area contributed by atoms with Gasteiger partial charge in [0.1, 0.15) is 45.3 Å². The number of ether oxygens (including phenoxy) is 2. The minimum absolute atomic E-state index is 0.0478. The van der Waals surface area contributed by atoms with Gasteiger partial charge < -0.3 is 18.3 Å². The van der Waals surface area contributed by atoms with Gasteiger partial charge in [-0.1, -0.05) is 204 Å². The van der Waals surface area contributed by atoms with Crippen LogP contribution in [0.3, 0.4) is 0 Å². The van der Waals surface area contributed by atoms with Gasteiger partial charge in [0, 0.05) is 68.3 Å². The smallest absolute Gasteiger partial charge is 0.205 e. The van der Waals surface area contributed by atoms with E-state index in [2.05, 4.69) is 299 Å². The molecule has 0 saturated heterocycles. The van der Waals surface area contributed by atoms with Crippen LogP contribution in [-0.2, 0) is 32.5 Å². The van der Waals surface area contributed by atoms with Gasteiger partial charge in [0.15, 0.2) is 0 Å². The fourth-order valence-electron chi connectivity index (χ4n) is 12.6. The van der Waals surface area contributed by atoms with Crippen LogP contribution in [-0.4, -0.2) is 0 Å². The molecule has 4 heterocycles. The monoisotopic (exact) mass is 1050 g/mol. The average molecular weight is 1050 g/mol. The van der Waals surface area contributed by atoms with Crippen molar-refractivity contribution in [1.82, 2.24) is 0 Å². The zero-order valence-corrected chi connectivity index (χ0v) is 48.2. The third kappa shape index (κ3) is 7.88. The number of hydrogen-bond donors (Lipinski definition) is 0. The molecular formula is C74H70N2O4. The first kappa shape index (κ1) is 51.0. The van der Waals surface area contributed by atoms with Crippen molar-refractivity contribution in [2.45, 2.75) is 116 Å². The van der Waals surface area contributed by atoms with Gasteiger partial charge in [-0.3, -0.25) is 9.80 Å². The van der Waals surface area contributed by atoms with E-state index in [1.807, 2.05) is 0 Å². The van der Waals surface area contributed by atoms with Crippen molar-refractivity contribution in [3.05, 3.63) is 273 Å². The first-order valence-corrected chi connectivity index (χ1v) is 28.2. The highest BCUT2D eigenvalue weighted by Crippen LogP contribution is 2.69. The number of furan rings is 2. The summed E-state index contributed by atoms with van der Waals surface area (Å²) in [4.78, 5) is 4.56. The number of para-hydroxylation sites is 4. The Hall–Kier alpha value is -8.48. The van der Waals surface area contributed by atoms with Gasteiger partial charge in [-0.2, -0.15) is 0 Å². The van der Waals surface area contributed by atoms with E-state index in [9.17, 15) is 0 Å². The van der Waals surface area contributed by atoms with Crippen LogP contribution in [0.1, 0.15) is 150 Å². The zero-order valence-electron chi connectivity index (χ0n) is 48.2. The summed E-state index contributed by atoms with van der Waals surface area (Å²) in [7, 11) is 0. The normalized spacial score (nSPS) is 14.7. The molecule has 1 aliphatic carbocycles. The van der Waals surface area contributed by atoms with Crippen molar-refractivity contribution in [2.24, 2.45) is 0 Å². The SMILES string of the molecule is CC(C)(C)c1ccc(N(c2ccc(C(C)(C)C)cc2)c2cc3c(o2)C2(c4ccccc4Oc4ccccc42)c2cc(N(c4ccc(C(C)(C)C)cc4)c4ccc(C(C)(C)C)cc4)oc2C32c3ccccc3Oc3ccccc32)cc1. The maximum absolute atomic E-state index is 8.10. The largest absolute Gasteiger partial charge is 0.457 e. The Morgan fingerprint density at radius 1 is 0.275 bits per heavy atom. The quantitative estimate of drug-likeness (QED) is 0.165. The van der Waals surface area contributed by atoms with Gasteiger partial charge in [0.05, 0.1) is 0 Å². The lowest BCUT2D eigenvalue weighted by Crippen LogP contribution is -2.46. The highest BCUT2D eigenvalue weighted by molar-refractivity contribution is 5.85. The van der Waals surface area contributed by atoms with Crippen molar-refractivity contribution < 1.29 is 18.3 Å². The van der Waals surface area contributed by atoms with Gasteiger partial charge in [-0.05, 0) is 117 Å². The Morgan fingerprint density at radius 3 is 0.725 bits per heavy atom. The molecule has 6 nitrogen and oxygen atoms in total. The summed E-state index contributed by atoms with van der Waals surface area (Å²) in [6, 6.07) is 74.3. The lowest BCUT2D eigenvalue weighted by Gasteiger charge is -2.48. The van der Waals surface area contributed by atoms with Gasteiger partial charge in [-0.15, -0.1) is 0 Å². The fourth-order valence-corrected chi connectivity index (χ4v) is 12.6. The van der Waals surface area contributed by atoms with Crippen molar-refractivity contribution in [3.8, 4) is 23.0 Å². The molecule has 2 aromatic heterocycles. The zero-order chi connectivity index (χ0) is 55.7. The van der Waals surface area contributed by atoms with Crippen molar-refractivity contribution in [2.75, 3.05) is 9.80 Å². The van der Waals surface area contributed by atoms with E-state index in [0.717, 1.165) is 90.6 Å². The van der Waals surface area contributed by atoms with Crippen LogP contribution in [0.5, 0.6) is 23.0 Å². The summed E-state index contributed by atoms with van der Waals surface area (Å²) in [6.45, 7) is 27.1. The molecule has 0 unspecified atom stereocenters. The molecular weight excluding hydrogens is 981 g/mol. The van der Waals surface area contributed by atoms with Crippen LogP contribution >= 0.6 is 0 Å². The maximum Gasteiger partial charge on any atom is 0.205 e. The lowest BCUT2D eigenvalue weighted by atomic mass is 9.54. The third-order valence-corrected chi connectivity index (χ3v) is 16.9. The highest BCUT2D eigenvalue weighted by Gasteiger charge is 2.63. The molecule has 0 N–H and O–H groups in total. The van der Waals surface area contributed by atoms with Crippen molar-refractivity contribution in [3.63, 3.8) is 0 Å². The Balaban J connectivity index is 1.18. The average Bonchev–Trinajstić information content (AvgIpc) is 2.49. The van der Waals surface area contributed by atoms with Crippen LogP contribution in [0.15, 0.2) is 215 Å². The number of hydrogen-bond acceptors (Lipinski definition) is 6. The van der Waals surface area contributed by atoms with E-state index in [1.54, 1.807) is 0 Å². The highest BCUT2D eigenvalue weighted by atomic mass is 16.5. The van der Waals surface area contributed by atoms with E-state index >= 15 is 0 Å². The molecule has 0 radical (unpaired) electrons. The predicted molar refractivity (Wildman–Crippen MR) is 325 cm³/mol. The van der Waals surface area contributed by atoms with Crippen LogP contribution in [0, 0.1) is 0 Å². The molecule has 0 bridgehead atoms. The molecule has 6 heteroatoms. The minimum Gasteiger partial charge on any atom is -0.457 e. The second kappa shape index (κ2) is 18.0. The first-order valence-electron chi connectivity index (χ1n) is 28.2. The summed E-state index contributed by atoms with van der Waals surface area (Å²) >= 11 is 0. The van der Waals surface area contributed by atoms with E-state index in [4.69, 9.17) is 18.3 Å². The van der Waals surface area contributed by atoms with Crippen LogP contribution < -0.4 is 19.3 Å². The molecule has 0 amide bonds. The first-order chi connectivity index (χ1) is 38.2. The summed E-state index contributed by atoms with van der Waals surface area (Å²) < 4.78 is 30.2. The van der Waals surface area contributed by atoms with Crippen LogP contribution in [0.25, 0.3) is 0 Å². The van der Waals surface area contributed by atoms with E-state index in [0.29, 0.717) is 11.8 Å². The number of rotatable bonds is 6. The lowest BCUT2D eigenvalue weighted by molar-refractivity contribution is 0.353. The molecule has 13 rings (SSSR count). The number of nitrogens with zero attached hydrogens (tertiary/aromatic N) is 2. The molecule has 10 aromatic rings.